The van der Waals surface area contributed by atoms with E-state index < -0.39 is 0 Å². The summed E-state index contributed by atoms with van der Waals surface area (Å²) < 4.78 is 19.6. The predicted octanol–water partition coefficient (Wildman–Crippen LogP) is 1.78. The summed E-state index contributed by atoms with van der Waals surface area (Å²) in [5, 5.41) is 11.4. The van der Waals surface area contributed by atoms with Crippen molar-refractivity contribution in [3.63, 3.8) is 0 Å². The highest BCUT2D eigenvalue weighted by Crippen LogP contribution is 2.33. The fourth-order valence-electron chi connectivity index (χ4n) is 1.22. The molecule has 0 heterocycles. The van der Waals surface area contributed by atoms with Gasteiger partial charge in [-0.2, -0.15) is 0 Å². The van der Waals surface area contributed by atoms with Gasteiger partial charge in [-0.25, -0.2) is 0 Å². The average Bonchev–Trinajstić information content (AvgIpc) is 2.39. The minimum atomic E-state index is 0.547. The Morgan fingerprint density at radius 2 is 1.33 bits per heavy atom. The van der Waals surface area contributed by atoms with Gasteiger partial charge in [0.2, 0.25) is 0 Å². The molecule has 0 aliphatic rings. The summed E-state index contributed by atoms with van der Waals surface area (Å²) >= 11 is 0. The third kappa shape index (κ3) is 4.50. The SMILES string of the molecule is COC.COc1cc(OC)c(OC)cc1C=NO. The lowest BCUT2D eigenvalue weighted by atomic mass is 10.2. The summed E-state index contributed by atoms with van der Waals surface area (Å²) in [7, 11) is 7.84. The number of benzene rings is 1. The first-order valence-corrected chi connectivity index (χ1v) is 5.06. The first-order valence-electron chi connectivity index (χ1n) is 5.06. The molecule has 0 aromatic heterocycles. The van der Waals surface area contributed by atoms with E-state index in [0.29, 0.717) is 22.8 Å². The maximum absolute atomic E-state index is 8.47. The van der Waals surface area contributed by atoms with Crippen molar-refractivity contribution in [1.82, 2.24) is 0 Å². The molecule has 1 aromatic carbocycles. The maximum Gasteiger partial charge on any atom is 0.164 e. The molecule has 0 aliphatic heterocycles. The van der Waals surface area contributed by atoms with Gasteiger partial charge in [0, 0.05) is 25.8 Å². The van der Waals surface area contributed by atoms with Crippen molar-refractivity contribution in [3.05, 3.63) is 17.7 Å². The highest BCUT2D eigenvalue weighted by Gasteiger charge is 2.10. The van der Waals surface area contributed by atoms with E-state index in [1.165, 1.54) is 27.5 Å². The lowest BCUT2D eigenvalue weighted by molar-refractivity contribution is 0.277. The third-order valence-corrected chi connectivity index (χ3v) is 1.93. The summed E-state index contributed by atoms with van der Waals surface area (Å²) in [6.45, 7) is 0. The largest absolute Gasteiger partial charge is 0.496 e. The van der Waals surface area contributed by atoms with Crippen LogP contribution in [-0.2, 0) is 4.74 Å². The highest BCUT2D eigenvalue weighted by atomic mass is 16.5. The Bertz CT molecular complexity index is 379. The Balaban J connectivity index is 0.000000873. The summed E-state index contributed by atoms with van der Waals surface area (Å²) in [5.41, 5.74) is 0.609. The molecule has 6 nitrogen and oxygen atoms in total. The van der Waals surface area contributed by atoms with Gasteiger partial charge in [-0.1, -0.05) is 5.16 Å². The van der Waals surface area contributed by atoms with Crippen LogP contribution in [0.3, 0.4) is 0 Å². The minimum absolute atomic E-state index is 0.547. The van der Waals surface area contributed by atoms with Crippen LogP contribution < -0.4 is 14.2 Å². The fraction of sp³-hybridized carbons (Fsp3) is 0.417. The lowest BCUT2D eigenvalue weighted by Crippen LogP contribution is -1.96. The number of hydrogen-bond acceptors (Lipinski definition) is 6. The zero-order valence-corrected chi connectivity index (χ0v) is 11.3. The number of methoxy groups -OCH3 is 4. The van der Waals surface area contributed by atoms with Crippen molar-refractivity contribution in [1.29, 1.82) is 0 Å². The van der Waals surface area contributed by atoms with E-state index in [2.05, 4.69) is 9.89 Å². The van der Waals surface area contributed by atoms with Gasteiger partial charge >= 0.3 is 0 Å². The minimum Gasteiger partial charge on any atom is -0.496 e. The molecule has 0 saturated heterocycles. The first kappa shape index (κ1) is 16.1. The van der Waals surface area contributed by atoms with Crippen molar-refractivity contribution >= 4 is 6.21 Å². The molecule has 6 heteroatoms. The monoisotopic (exact) mass is 257 g/mol. The van der Waals surface area contributed by atoms with E-state index in [9.17, 15) is 0 Å². The molecular weight excluding hydrogens is 238 g/mol. The Labute approximate surface area is 107 Å². The summed E-state index contributed by atoms with van der Waals surface area (Å²) in [5.74, 6) is 1.66. The molecule has 0 fully saturated rings. The van der Waals surface area contributed by atoms with Crippen molar-refractivity contribution in [3.8, 4) is 17.2 Å². The Morgan fingerprint density at radius 1 is 0.889 bits per heavy atom. The maximum atomic E-state index is 8.47. The predicted molar refractivity (Wildman–Crippen MR) is 68.4 cm³/mol. The molecule has 0 bridgehead atoms. The number of hydrogen-bond donors (Lipinski definition) is 1. The molecule has 1 aromatic rings. The van der Waals surface area contributed by atoms with E-state index in [1.54, 1.807) is 26.4 Å². The van der Waals surface area contributed by atoms with E-state index >= 15 is 0 Å². The zero-order valence-electron chi connectivity index (χ0n) is 11.3. The molecule has 0 aliphatic carbocycles. The number of oxime groups is 1. The van der Waals surface area contributed by atoms with Crippen LogP contribution in [0.2, 0.25) is 0 Å². The van der Waals surface area contributed by atoms with Crippen molar-refractivity contribution in [2.75, 3.05) is 35.5 Å². The fourth-order valence-corrected chi connectivity index (χ4v) is 1.22. The Morgan fingerprint density at radius 3 is 1.72 bits per heavy atom. The van der Waals surface area contributed by atoms with Crippen LogP contribution in [0.15, 0.2) is 17.3 Å². The molecule has 0 unspecified atom stereocenters. The molecule has 1 rings (SSSR count). The van der Waals surface area contributed by atoms with E-state index in [-0.39, 0.29) is 0 Å². The van der Waals surface area contributed by atoms with Gasteiger partial charge in [-0.05, 0) is 6.07 Å². The number of rotatable bonds is 4. The van der Waals surface area contributed by atoms with Crippen LogP contribution in [-0.4, -0.2) is 47.0 Å². The zero-order chi connectivity index (χ0) is 14.0. The van der Waals surface area contributed by atoms with E-state index in [4.69, 9.17) is 19.4 Å². The Hall–Kier alpha value is -1.95. The Kier molecular flexibility index (Phi) is 8.13. The standard InChI is InChI=1S/C10H13NO4.C2H6O/c1-13-8-5-10(15-3)9(14-2)4-7(8)6-11-12;1-3-2/h4-6,12H,1-3H3;1-2H3. The summed E-state index contributed by atoms with van der Waals surface area (Å²) in [6, 6.07) is 3.33. The van der Waals surface area contributed by atoms with Crippen LogP contribution in [0.5, 0.6) is 17.2 Å². The number of ether oxygens (including phenoxy) is 4. The van der Waals surface area contributed by atoms with Gasteiger partial charge < -0.3 is 24.2 Å². The molecule has 0 saturated carbocycles. The first-order chi connectivity index (χ1) is 8.68. The summed E-state index contributed by atoms with van der Waals surface area (Å²) in [4.78, 5) is 0. The van der Waals surface area contributed by atoms with Crippen LogP contribution in [0.1, 0.15) is 5.56 Å². The molecule has 102 valence electrons. The van der Waals surface area contributed by atoms with Gasteiger partial charge in [0.15, 0.2) is 11.5 Å². The van der Waals surface area contributed by atoms with Crippen LogP contribution in [0, 0.1) is 0 Å². The second-order valence-electron chi connectivity index (χ2n) is 3.10. The van der Waals surface area contributed by atoms with Crippen LogP contribution in [0.4, 0.5) is 0 Å². The smallest absolute Gasteiger partial charge is 0.164 e. The van der Waals surface area contributed by atoms with Crippen LogP contribution in [0.25, 0.3) is 0 Å². The van der Waals surface area contributed by atoms with Gasteiger partial charge in [0.1, 0.15) is 5.75 Å². The van der Waals surface area contributed by atoms with Gasteiger partial charge in [-0.15, -0.1) is 0 Å². The molecular formula is C12H19NO5. The van der Waals surface area contributed by atoms with Gasteiger partial charge in [-0.3, -0.25) is 0 Å². The van der Waals surface area contributed by atoms with Crippen molar-refractivity contribution < 1.29 is 24.2 Å². The normalized spacial score (nSPS) is 9.61. The van der Waals surface area contributed by atoms with Gasteiger partial charge in [0.25, 0.3) is 0 Å². The molecule has 0 spiro atoms. The van der Waals surface area contributed by atoms with E-state index in [0.717, 1.165) is 0 Å². The molecule has 0 amide bonds. The summed E-state index contributed by atoms with van der Waals surface area (Å²) in [6.07, 6.45) is 1.26. The second-order valence-corrected chi connectivity index (χ2v) is 3.10. The molecule has 0 radical (unpaired) electrons. The molecule has 1 N–H and O–H groups in total. The van der Waals surface area contributed by atoms with Crippen molar-refractivity contribution in [2.24, 2.45) is 5.16 Å². The topological polar surface area (TPSA) is 69.5 Å². The van der Waals surface area contributed by atoms with E-state index in [1.807, 2.05) is 0 Å². The highest BCUT2D eigenvalue weighted by molar-refractivity contribution is 5.84. The second kappa shape index (κ2) is 9.12. The molecule has 18 heavy (non-hydrogen) atoms. The quantitative estimate of drug-likeness (QED) is 0.506. The van der Waals surface area contributed by atoms with Gasteiger partial charge in [0.05, 0.1) is 27.5 Å². The molecule has 0 atom stereocenters. The van der Waals surface area contributed by atoms with Crippen LogP contribution >= 0.6 is 0 Å². The number of nitrogens with zero attached hydrogens (tertiary/aromatic N) is 1. The lowest BCUT2D eigenvalue weighted by Gasteiger charge is -2.11. The third-order valence-electron chi connectivity index (χ3n) is 1.93. The average molecular weight is 257 g/mol. The van der Waals surface area contributed by atoms with Crippen molar-refractivity contribution in [2.45, 2.75) is 0 Å².